The molecule has 2 N–H and O–H groups in total. The molecule has 1 heterocycles. The summed E-state index contributed by atoms with van der Waals surface area (Å²) in [6.07, 6.45) is 3.46. The number of halogens is 1. The lowest BCUT2D eigenvalue weighted by molar-refractivity contribution is -0.120. The van der Waals surface area contributed by atoms with E-state index in [1.807, 2.05) is 36.4 Å². The zero-order valence-electron chi connectivity index (χ0n) is 15.6. The molecule has 3 aromatic rings. The molecule has 1 aromatic heterocycles. The summed E-state index contributed by atoms with van der Waals surface area (Å²) in [6.45, 7) is 0.592. The van der Waals surface area contributed by atoms with Crippen molar-refractivity contribution in [2.45, 2.75) is 13.2 Å². The highest BCUT2D eigenvalue weighted by Crippen LogP contribution is 2.14. The molecule has 0 aliphatic rings. The third-order valence-electron chi connectivity index (χ3n) is 4.06. The smallest absolute Gasteiger partial charge is 0.251 e. The van der Waals surface area contributed by atoms with E-state index < -0.39 is 11.7 Å². The number of amides is 2. The Kier molecular flexibility index (Phi) is 6.89. The first-order valence-electron chi connectivity index (χ1n) is 9.01. The van der Waals surface area contributed by atoms with Gasteiger partial charge in [0, 0.05) is 30.1 Å². The molecule has 0 saturated heterocycles. The number of rotatable bonds is 8. The Morgan fingerprint density at radius 3 is 2.38 bits per heavy atom. The number of nitrogens with one attached hydrogen (secondary N) is 2. The average Bonchev–Trinajstić information content (AvgIpc) is 2.76. The highest BCUT2D eigenvalue weighted by Gasteiger charge is 2.08. The maximum Gasteiger partial charge on any atom is 0.251 e. The Labute approximate surface area is 167 Å². The predicted octanol–water partition coefficient (Wildman–Crippen LogP) is 2.85. The van der Waals surface area contributed by atoms with Crippen LogP contribution in [0.15, 0.2) is 73.1 Å². The normalized spacial score (nSPS) is 10.2. The molecule has 0 spiro atoms. The van der Waals surface area contributed by atoms with E-state index in [4.69, 9.17) is 4.74 Å². The first kappa shape index (κ1) is 20.0. The van der Waals surface area contributed by atoms with Gasteiger partial charge in [0.15, 0.2) is 0 Å². The fourth-order valence-electron chi connectivity index (χ4n) is 2.48. The van der Waals surface area contributed by atoms with E-state index in [-0.39, 0.29) is 12.5 Å². The second kappa shape index (κ2) is 9.98. The minimum absolute atomic E-state index is 0.164. The van der Waals surface area contributed by atoms with Crippen LogP contribution in [0.1, 0.15) is 21.5 Å². The zero-order valence-corrected chi connectivity index (χ0v) is 15.6. The molecule has 3 rings (SSSR count). The van der Waals surface area contributed by atoms with Gasteiger partial charge in [0.1, 0.15) is 18.2 Å². The quantitative estimate of drug-likeness (QED) is 0.617. The van der Waals surface area contributed by atoms with Crippen molar-refractivity contribution in [3.63, 3.8) is 0 Å². The summed E-state index contributed by atoms with van der Waals surface area (Å²) in [5.41, 5.74) is 2.17. The molecule has 29 heavy (non-hydrogen) atoms. The second-order valence-electron chi connectivity index (χ2n) is 6.26. The fourth-order valence-corrected chi connectivity index (χ4v) is 2.48. The average molecular weight is 393 g/mol. The number of pyridine rings is 1. The van der Waals surface area contributed by atoms with E-state index in [1.165, 1.54) is 24.3 Å². The van der Waals surface area contributed by atoms with Crippen LogP contribution >= 0.6 is 0 Å². The maximum absolute atomic E-state index is 12.9. The van der Waals surface area contributed by atoms with Gasteiger partial charge in [-0.05, 0) is 48.0 Å². The van der Waals surface area contributed by atoms with Crippen molar-refractivity contribution in [2.24, 2.45) is 0 Å². The SMILES string of the molecule is O=C(CNC(=O)c1ccc(F)cc1)NCc1ccc(OCc2cccnc2)cc1. The van der Waals surface area contributed by atoms with Crippen molar-refractivity contribution in [1.82, 2.24) is 15.6 Å². The molecule has 0 saturated carbocycles. The number of nitrogens with zero attached hydrogens (tertiary/aromatic N) is 1. The van der Waals surface area contributed by atoms with Gasteiger partial charge < -0.3 is 15.4 Å². The number of benzene rings is 2. The molecule has 0 aliphatic heterocycles. The Hall–Kier alpha value is -3.74. The van der Waals surface area contributed by atoms with Gasteiger partial charge in [-0.1, -0.05) is 18.2 Å². The van der Waals surface area contributed by atoms with Gasteiger partial charge in [-0.25, -0.2) is 4.39 Å². The second-order valence-corrected chi connectivity index (χ2v) is 6.26. The van der Waals surface area contributed by atoms with E-state index in [1.54, 1.807) is 12.4 Å². The molecule has 6 nitrogen and oxygen atoms in total. The molecule has 7 heteroatoms. The van der Waals surface area contributed by atoms with Gasteiger partial charge in [-0.3, -0.25) is 14.6 Å². The number of hydrogen-bond donors (Lipinski definition) is 2. The summed E-state index contributed by atoms with van der Waals surface area (Å²) >= 11 is 0. The molecule has 0 radical (unpaired) electrons. The third-order valence-corrected chi connectivity index (χ3v) is 4.06. The van der Waals surface area contributed by atoms with Crippen LogP contribution in [0.3, 0.4) is 0 Å². The number of carbonyl (C=O) groups is 2. The molecule has 0 bridgehead atoms. The Morgan fingerprint density at radius 1 is 0.931 bits per heavy atom. The van der Waals surface area contributed by atoms with E-state index in [2.05, 4.69) is 15.6 Å². The van der Waals surface area contributed by atoms with Crippen molar-refractivity contribution >= 4 is 11.8 Å². The Balaban J connectivity index is 1.39. The zero-order chi connectivity index (χ0) is 20.5. The lowest BCUT2D eigenvalue weighted by atomic mass is 10.2. The minimum atomic E-state index is -0.435. The van der Waals surface area contributed by atoms with Crippen LogP contribution in [0.2, 0.25) is 0 Å². The summed E-state index contributed by atoms with van der Waals surface area (Å²) in [5.74, 6) is -0.462. The lowest BCUT2D eigenvalue weighted by Crippen LogP contribution is -2.36. The number of ether oxygens (including phenoxy) is 1. The number of hydrogen-bond acceptors (Lipinski definition) is 4. The topological polar surface area (TPSA) is 80.3 Å². The highest BCUT2D eigenvalue weighted by atomic mass is 19.1. The maximum atomic E-state index is 12.9. The van der Waals surface area contributed by atoms with E-state index in [0.717, 1.165) is 16.9 Å². The van der Waals surface area contributed by atoms with Crippen LogP contribution < -0.4 is 15.4 Å². The van der Waals surface area contributed by atoms with Gasteiger partial charge in [0.05, 0.1) is 6.54 Å². The standard InChI is InChI=1S/C22H20FN3O3/c23-19-7-5-18(6-8-19)22(28)26-14-21(27)25-13-16-3-9-20(10-4-16)29-15-17-2-1-11-24-12-17/h1-12H,13-15H2,(H,25,27)(H,26,28). The van der Waals surface area contributed by atoms with Gasteiger partial charge >= 0.3 is 0 Å². The fraction of sp³-hybridized carbons (Fsp3) is 0.136. The molecular formula is C22H20FN3O3. The third kappa shape index (κ3) is 6.42. The molecule has 0 unspecified atom stereocenters. The predicted molar refractivity (Wildman–Crippen MR) is 106 cm³/mol. The van der Waals surface area contributed by atoms with Crippen molar-refractivity contribution in [2.75, 3.05) is 6.54 Å². The van der Waals surface area contributed by atoms with Crippen molar-refractivity contribution in [3.8, 4) is 5.75 Å². The molecule has 148 valence electrons. The molecule has 2 aromatic carbocycles. The van der Waals surface area contributed by atoms with Gasteiger partial charge in [0.2, 0.25) is 5.91 Å². The van der Waals surface area contributed by atoms with Crippen molar-refractivity contribution in [3.05, 3.63) is 95.6 Å². The molecule has 2 amide bonds. The lowest BCUT2D eigenvalue weighted by Gasteiger charge is -2.09. The molecule has 0 atom stereocenters. The van der Waals surface area contributed by atoms with Gasteiger partial charge in [-0.15, -0.1) is 0 Å². The van der Waals surface area contributed by atoms with Crippen LogP contribution in [-0.2, 0) is 17.9 Å². The minimum Gasteiger partial charge on any atom is -0.489 e. The van der Waals surface area contributed by atoms with Crippen LogP contribution in [0, 0.1) is 5.82 Å². The number of carbonyl (C=O) groups excluding carboxylic acids is 2. The highest BCUT2D eigenvalue weighted by molar-refractivity contribution is 5.96. The van der Waals surface area contributed by atoms with E-state index >= 15 is 0 Å². The van der Waals surface area contributed by atoms with Crippen LogP contribution in [-0.4, -0.2) is 23.3 Å². The monoisotopic (exact) mass is 393 g/mol. The molecule has 0 aliphatic carbocycles. The van der Waals surface area contributed by atoms with Crippen LogP contribution in [0.25, 0.3) is 0 Å². The Morgan fingerprint density at radius 2 is 1.69 bits per heavy atom. The number of aromatic nitrogens is 1. The van der Waals surface area contributed by atoms with Gasteiger partial charge in [-0.2, -0.15) is 0 Å². The van der Waals surface area contributed by atoms with Gasteiger partial charge in [0.25, 0.3) is 5.91 Å². The van der Waals surface area contributed by atoms with Crippen LogP contribution in [0.5, 0.6) is 5.75 Å². The first-order chi connectivity index (χ1) is 14.1. The van der Waals surface area contributed by atoms with E-state index in [0.29, 0.717) is 18.7 Å². The summed E-state index contributed by atoms with van der Waals surface area (Å²) in [6, 6.07) is 16.3. The largest absolute Gasteiger partial charge is 0.489 e. The first-order valence-corrected chi connectivity index (χ1v) is 9.01. The van der Waals surface area contributed by atoms with Crippen LogP contribution in [0.4, 0.5) is 4.39 Å². The molecular weight excluding hydrogens is 373 g/mol. The summed E-state index contributed by atoms with van der Waals surface area (Å²) in [4.78, 5) is 27.9. The summed E-state index contributed by atoms with van der Waals surface area (Å²) in [5, 5.41) is 5.23. The summed E-state index contributed by atoms with van der Waals surface area (Å²) < 4.78 is 18.6. The molecule has 0 fully saturated rings. The van der Waals surface area contributed by atoms with Crippen molar-refractivity contribution < 1.29 is 18.7 Å². The Bertz CT molecular complexity index is 945. The summed E-state index contributed by atoms with van der Waals surface area (Å²) in [7, 11) is 0. The van der Waals surface area contributed by atoms with Crippen molar-refractivity contribution in [1.29, 1.82) is 0 Å². The van der Waals surface area contributed by atoms with E-state index in [9.17, 15) is 14.0 Å².